The van der Waals surface area contributed by atoms with Gasteiger partial charge in [-0.15, -0.1) is 0 Å². The molecule has 0 saturated heterocycles. The molecule has 2 aromatic heterocycles. The van der Waals surface area contributed by atoms with Crippen LogP contribution in [0.1, 0.15) is 36.4 Å². The number of hydrogen-bond donors (Lipinski definition) is 3. The molecule has 0 bridgehead atoms. The van der Waals surface area contributed by atoms with Crippen molar-refractivity contribution in [2.24, 2.45) is 0 Å². The summed E-state index contributed by atoms with van der Waals surface area (Å²) in [6, 6.07) is 5.38. The van der Waals surface area contributed by atoms with Gasteiger partial charge >= 0.3 is 5.69 Å². The summed E-state index contributed by atoms with van der Waals surface area (Å²) in [4.78, 5) is 45.6. The van der Waals surface area contributed by atoms with Crippen molar-refractivity contribution >= 4 is 11.6 Å². The van der Waals surface area contributed by atoms with Crippen LogP contribution in [-0.2, 0) is 4.79 Å². The molecule has 1 atom stereocenters. The summed E-state index contributed by atoms with van der Waals surface area (Å²) in [7, 11) is 0. The summed E-state index contributed by atoms with van der Waals surface area (Å²) in [5.41, 5.74) is 1.22. The molecule has 0 amide bonds. The lowest BCUT2D eigenvalue weighted by Gasteiger charge is -2.32. The Hall–Kier alpha value is -2.96. The fraction of sp³-hybridized carbons (Fsp3) is 0.250. The van der Waals surface area contributed by atoms with Crippen LogP contribution in [0.2, 0.25) is 0 Å². The van der Waals surface area contributed by atoms with Gasteiger partial charge in [0, 0.05) is 23.9 Å². The van der Waals surface area contributed by atoms with Crippen molar-refractivity contribution in [3.63, 3.8) is 0 Å². The normalized spacial score (nSPS) is 19.8. The van der Waals surface area contributed by atoms with Crippen molar-refractivity contribution in [3.8, 4) is 0 Å². The standard InChI is InChI=1S/C16H14N4O3/c21-10-6-3-5-9-11(10)12(8-4-1-2-7-17-8)13-14(18-9)19-16(23)20-15(13)22/h1-2,4,7,12H,3,5-6H2,(H3,18,19,20,22,23)/t12-/m0/s1. The van der Waals surface area contributed by atoms with E-state index in [0.717, 1.165) is 12.1 Å². The molecule has 7 heteroatoms. The number of aromatic amines is 2. The van der Waals surface area contributed by atoms with Gasteiger partial charge in [0.05, 0.1) is 17.2 Å². The Morgan fingerprint density at radius 3 is 2.74 bits per heavy atom. The van der Waals surface area contributed by atoms with E-state index in [1.165, 1.54) is 0 Å². The fourth-order valence-electron chi connectivity index (χ4n) is 3.34. The van der Waals surface area contributed by atoms with Crippen molar-refractivity contribution in [2.45, 2.75) is 25.2 Å². The Morgan fingerprint density at radius 2 is 1.96 bits per heavy atom. The van der Waals surface area contributed by atoms with Crippen LogP contribution in [0.4, 0.5) is 5.82 Å². The van der Waals surface area contributed by atoms with Crippen LogP contribution in [0.5, 0.6) is 0 Å². The molecule has 116 valence electrons. The van der Waals surface area contributed by atoms with Crippen molar-refractivity contribution in [2.75, 3.05) is 5.32 Å². The smallest absolute Gasteiger partial charge is 0.327 e. The molecule has 7 nitrogen and oxygen atoms in total. The van der Waals surface area contributed by atoms with Gasteiger partial charge in [-0.25, -0.2) is 4.79 Å². The predicted octanol–water partition coefficient (Wildman–Crippen LogP) is 1.02. The van der Waals surface area contributed by atoms with E-state index < -0.39 is 17.2 Å². The summed E-state index contributed by atoms with van der Waals surface area (Å²) < 4.78 is 0. The van der Waals surface area contributed by atoms with E-state index in [0.29, 0.717) is 35.5 Å². The molecule has 2 aromatic rings. The van der Waals surface area contributed by atoms with Crippen molar-refractivity contribution in [1.29, 1.82) is 0 Å². The average Bonchev–Trinajstić information content (AvgIpc) is 2.54. The summed E-state index contributed by atoms with van der Waals surface area (Å²) in [5.74, 6) is -0.190. The number of Topliss-reactive ketones (excluding diaryl/α,β-unsaturated/α-hetero) is 1. The number of carbonyl (C=O) groups excluding carboxylic acids is 1. The molecular weight excluding hydrogens is 296 g/mol. The molecule has 1 aliphatic carbocycles. The highest BCUT2D eigenvalue weighted by molar-refractivity contribution is 6.00. The minimum atomic E-state index is -0.577. The Bertz CT molecular complexity index is 940. The minimum absolute atomic E-state index is 0.0191. The second-order valence-electron chi connectivity index (χ2n) is 5.68. The largest absolute Gasteiger partial charge is 0.344 e. The Balaban J connectivity index is 2.03. The average molecular weight is 310 g/mol. The number of nitrogens with one attached hydrogen (secondary N) is 3. The molecule has 0 unspecified atom stereocenters. The lowest BCUT2D eigenvalue weighted by Crippen LogP contribution is -2.36. The first-order valence-electron chi connectivity index (χ1n) is 7.46. The molecular formula is C16H14N4O3. The number of aromatic nitrogens is 3. The molecule has 4 rings (SSSR count). The zero-order valence-electron chi connectivity index (χ0n) is 12.2. The van der Waals surface area contributed by atoms with Gasteiger partial charge in [0.1, 0.15) is 5.82 Å². The Labute approximate surface area is 130 Å². The topological polar surface area (TPSA) is 108 Å². The maximum absolute atomic E-state index is 12.5. The van der Waals surface area contributed by atoms with Crippen LogP contribution in [0.3, 0.4) is 0 Å². The zero-order valence-corrected chi connectivity index (χ0v) is 12.2. The van der Waals surface area contributed by atoms with Gasteiger partial charge in [-0.05, 0) is 25.0 Å². The van der Waals surface area contributed by atoms with E-state index in [1.807, 2.05) is 6.07 Å². The summed E-state index contributed by atoms with van der Waals surface area (Å²) >= 11 is 0. The maximum atomic E-state index is 12.5. The van der Waals surface area contributed by atoms with Crippen molar-refractivity contribution in [1.82, 2.24) is 15.0 Å². The van der Waals surface area contributed by atoms with E-state index in [4.69, 9.17) is 0 Å². The van der Waals surface area contributed by atoms with Crippen LogP contribution in [0.15, 0.2) is 45.3 Å². The monoisotopic (exact) mass is 310 g/mol. The van der Waals surface area contributed by atoms with E-state index in [1.54, 1.807) is 18.3 Å². The van der Waals surface area contributed by atoms with Gasteiger partial charge in [0.25, 0.3) is 5.56 Å². The third-order valence-corrected chi connectivity index (χ3v) is 4.27. The van der Waals surface area contributed by atoms with Crippen LogP contribution in [0, 0.1) is 0 Å². The van der Waals surface area contributed by atoms with E-state index in [9.17, 15) is 14.4 Å². The number of fused-ring (bicyclic) bond motifs is 1. The van der Waals surface area contributed by atoms with Gasteiger partial charge in [0.15, 0.2) is 5.78 Å². The summed E-state index contributed by atoms with van der Waals surface area (Å²) in [6.45, 7) is 0. The first-order chi connectivity index (χ1) is 11.1. The number of carbonyl (C=O) groups is 1. The highest BCUT2D eigenvalue weighted by Crippen LogP contribution is 2.41. The maximum Gasteiger partial charge on any atom is 0.327 e. The summed E-state index contributed by atoms with van der Waals surface area (Å²) in [6.07, 6.45) is 3.55. The third kappa shape index (κ3) is 2.12. The molecule has 0 aromatic carbocycles. The van der Waals surface area contributed by atoms with E-state index in [2.05, 4.69) is 20.3 Å². The van der Waals surface area contributed by atoms with Crippen LogP contribution < -0.4 is 16.6 Å². The second-order valence-corrected chi connectivity index (χ2v) is 5.68. The minimum Gasteiger partial charge on any atom is -0.344 e. The molecule has 0 radical (unpaired) electrons. The van der Waals surface area contributed by atoms with Crippen LogP contribution in [-0.4, -0.2) is 20.7 Å². The van der Waals surface area contributed by atoms with Gasteiger partial charge in [-0.3, -0.25) is 24.5 Å². The van der Waals surface area contributed by atoms with Gasteiger partial charge in [0.2, 0.25) is 0 Å². The quantitative estimate of drug-likeness (QED) is 0.729. The van der Waals surface area contributed by atoms with Crippen molar-refractivity contribution in [3.05, 3.63) is 67.8 Å². The predicted molar refractivity (Wildman–Crippen MR) is 83.3 cm³/mol. The number of allylic oxidation sites excluding steroid dienone is 2. The highest BCUT2D eigenvalue weighted by atomic mass is 16.2. The second kappa shape index (κ2) is 5.05. The molecule has 3 N–H and O–H groups in total. The lowest BCUT2D eigenvalue weighted by molar-refractivity contribution is -0.116. The number of H-pyrrole nitrogens is 2. The lowest BCUT2D eigenvalue weighted by atomic mass is 9.78. The third-order valence-electron chi connectivity index (χ3n) is 4.27. The van der Waals surface area contributed by atoms with Crippen molar-refractivity contribution < 1.29 is 4.79 Å². The number of rotatable bonds is 1. The fourth-order valence-corrected chi connectivity index (χ4v) is 3.34. The molecule has 23 heavy (non-hydrogen) atoms. The van der Waals surface area contributed by atoms with Gasteiger partial charge < -0.3 is 5.32 Å². The molecule has 0 fully saturated rings. The first-order valence-corrected chi connectivity index (χ1v) is 7.46. The Morgan fingerprint density at radius 1 is 1.09 bits per heavy atom. The number of pyridine rings is 1. The highest BCUT2D eigenvalue weighted by Gasteiger charge is 2.37. The molecule has 2 aliphatic rings. The Kier molecular flexibility index (Phi) is 3.00. The van der Waals surface area contributed by atoms with Crippen LogP contribution >= 0.6 is 0 Å². The summed E-state index contributed by atoms with van der Waals surface area (Å²) in [5, 5.41) is 3.07. The van der Waals surface area contributed by atoms with Crippen LogP contribution in [0.25, 0.3) is 0 Å². The van der Waals surface area contributed by atoms with Gasteiger partial charge in [-0.1, -0.05) is 6.07 Å². The van der Waals surface area contributed by atoms with E-state index in [-0.39, 0.29) is 5.78 Å². The number of nitrogens with zero attached hydrogens (tertiary/aromatic N) is 1. The van der Waals surface area contributed by atoms with Gasteiger partial charge in [-0.2, -0.15) is 0 Å². The molecule has 3 heterocycles. The zero-order chi connectivity index (χ0) is 16.0. The number of ketones is 1. The van der Waals surface area contributed by atoms with E-state index >= 15 is 0 Å². The molecule has 0 spiro atoms. The SMILES string of the molecule is O=C1CCCC2=C1[C@H](c1ccccn1)c1c([nH]c(=O)[nH]c1=O)N2. The first kappa shape index (κ1) is 13.7. The number of hydrogen-bond acceptors (Lipinski definition) is 5. The number of anilines is 1. The molecule has 1 aliphatic heterocycles. The molecule has 0 saturated carbocycles.